The van der Waals surface area contributed by atoms with Crippen LogP contribution in [0, 0.1) is 6.92 Å². The Morgan fingerprint density at radius 1 is 0.921 bits per heavy atom. The van der Waals surface area contributed by atoms with Crippen LogP contribution in [0.25, 0.3) is 5.76 Å². The minimum atomic E-state index is -0.693. The van der Waals surface area contributed by atoms with Crippen molar-refractivity contribution < 1.29 is 24.2 Å². The molecule has 38 heavy (non-hydrogen) atoms. The molecule has 0 aromatic heterocycles. The molecule has 1 saturated heterocycles. The molecular formula is C32H35NO5. The zero-order chi connectivity index (χ0) is 27.1. The third-order valence-electron chi connectivity index (χ3n) is 6.62. The van der Waals surface area contributed by atoms with Crippen molar-refractivity contribution in [2.75, 3.05) is 13.2 Å². The number of hydrogen-bond acceptors (Lipinski definition) is 5. The Kier molecular flexibility index (Phi) is 8.85. The standard InChI is InChI=1S/C32H35NO5/c1-4-6-17-33-29(24-13-10-14-26(20-24)37-18-5-2)28(31(35)32(33)36)30(34)25-15-16-27(22(3)19-25)38-21-23-11-8-7-9-12-23/h7-16,19-20,29,34H,4-6,17-18,21H2,1-3H3/b30-28+. The Labute approximate surface area is 224 Å². The van der Waals surface area contributed by atoms with Gasteiger partial charge in [0.05, 0.1) is 18.2 Å². The number of Topliss-reactive ketones (excluding diaryl/α,β-unsaturated/α-hetero) is 1. The molecule has 1 atom stereocenters. The fourth-order valence-electron chi connectivity index (χ4n) is 4.63. The molecule has 4 rings (SSSR count). The fourth-order valence-corrected chi connectivity index (χ4v) is 4.63. The van der Waals surface area contributed by atoms with E-state index in [0.29, 0.717) is 36.8 Å². The topological polar surface area (TPSA) is 76.1 Å². The molecule has 1 amide bonds. The van der Waals surface area contributed by atoms with Crippen molar-refractivity contribution >= 4 is 17.4 Å². The van der Waals surface area contributed by atoms with Crippen molar-refractivity contribution in [3.05, 3.63) is 101 Å². The van der Waals surface area contributed by atoms with Crippen LogP contribution in [0.2, 0.25) is 0 Å². The summed E-state index contributed by atoms with van der Waals surface area (Å²) in [4.78, 5) is 28.0. The van der Waals surface area contributed by atoms with Gasteiger partial charge in [0.25, 0.3) is 11.7 Å². The average molecular weight is 514 g/mol. The van der Waals surface area contributed by atoms with Crippen LogP contribution in [-0.4, -0.2) is 34.8 Å². The van der Waals surface area contributed by atoms with Crippen LogP contribution in [0.15, 0.2) is 78.4 Å². The minimum Gasteiger partial charge on any atom is -0.507 e. The lowest BCUT2D eigenvalue weighted by Crippen LogP contribution is -2.30. The van der Waals surface area contributed by atoms with Gasteiger partial charge in [-0.25, -0.2) is 0 Å². The van der Waals surface area contributed by atoms with Crippen LogP contribution in [0.3, 0.4) is 0 Å². The van der Waals surface area contributed by atoms with Gasteiger partial charge in [-0.15, -0.1) is 0 Å². The van der Waals surface area contributed by atoms with Crippen LogP contribution >= 0.6 is 0 Å². The molecule has 1 N–H and O–H groups in total. The number of aliphatic hydroxyl groups excluding tert-OH is 1. The van der Waals surface area contributed by atoms with E-state index in [2.05, 4.69) is 0 Å². The summed E-state index contributed by atoms with van der Waals surface area (Å²) in [5, 5.41) is 11.4. The van der Waals surface area contributed by atoms with Gasteiger partial charge in [0.15, 0.2) is 0 Å². The predicted molar refractivity (Wildman–Crippen MR) is 148 cm³/mol. The SMILES string of the molecule is CCCCN1C(=O)C(=O)/C(=C(/O)c2ccc(OCc3ccccc3)c(C)c2)C1c1cccc(OCCC)c1. The summed E-state index contributed by atoms with van der Waals surface area (Å²) in [5.41, 5.74) is 3.16. The molecule has 1 unspecified atom stereocenters. The summed E-state index contributed by atoms with van der Waals surface area (Å²) in [6.07, 6.45) is 2.49. The first-order chi connectivity index (χ1) is 18.4. The van der Waals surface area contributed by atoms with Gasteiger partial charge in [-0.05, 0) is 66.8 Å². The second-order valence-electron chi connectivity index (χ2n) is 9.52. The van der Waals surface area contributed by atoms with Crippen LogP contribution in [-0.2, 0) is 16.2 Å². The van der Waals surface area contributed by atoms with E-state index in [0.717, 1.165) is 36.0 Å². The molecule has 1 aliphatic rings. The molecule has 6 heteroatoms. The molecular weight excluding hydrogens is 478 g/mol. The maximum atomic E-state index is 13.3. The van der Waals surface area contributed by atoms with E-state index in [1.54, 1.807) is 23.1 Å². The number of benzene rings is 3. The molecule has 3 aromatic rings. The highest BCUT2D eigenvalue weighted by Crippen LogP contribution is 2.41. The molecule has 0 spiro atoms. The van der Waals surface area contributed by atoms with Gasteiger partial charge in [0.1, 0.15) is 23.9 Å². The molecule has 1 fully saturated rings. The van der Waals surface area contributed by atoms with E-state index >= 15 is 0 Å². The number of nitrogens with zero attached hydrogens (tertiary/aromatic N) is 1. The van der Waals surface area contributed by atoms with Gasteiger partial charge >= 0.3 is 0 Å². The number of carbonyl (C=O) groups is 2. The molecule has 3 aromatic carbocycles. The minimum absolute atomic E-state index is 0.0936. The van der Waals surface area contributed by atoms with Gasteiger partial charge in [0.2, 0.25) is 0 Å². The first-order valence-electron chi connectivity index (χ1n) is 13.2. The van der Waals surface area contributed by atoms with E-state index in [1.807, 2.05) is 75.4 Å². The highest BCUT2D eigenvalue weighted by atomic mass is 16.5. The molecule has 0 bridgehead atoms. The lowest BCUT2D eigenvalue weighted by atomic mass is 9.94. The Bertz CT molecular complexity index is 1310. The third kappa shape index (κ3) is 5.91. The number of amides is 1. The lowest BCUT2D eigenvalue weighted by molar-refractivity contribution is -0.139. The second-order valence-corrected chi connectivity index (χ2v) is 9.52. The number of aliphatic hydroxyl groups is 1. The van der Waals surface area contributed by atoms with Crippen LogP contribution in [0.5, 0.6) is 11.5 Å². The number of likely N-dealkylation sites (tertiary alicyclic amines) is 1. The van der Waals surface area contributed by atoms with Crippen molar-refractivity contribution in [2.45, 2.75) is 52.7 Å². The first kappa shape index (κ1) is 27.0. The predicted octanol–water partition coefficient (Wildman–Crippen LogP) is 6.58. The van der Waals surface area contributed by atoms with Crippen molar-refractivity contribution in [2.24, 2.45) is 0 Å². The summed E-state index contributed by atoms with van der Waals surface area (Å²) in [6, 6.07) is 21.9. The first-order valence-corrected chi connectivity index (χ1v) is 13.2. The molecule has 198 valence electrons. The zero-order valence-corrected chi connectivity index (χ0v) is 22.3. The Hall–Kier alpha value is -4.06. The Morgan fingerprint density at radius 2 is 1.71 bits per heavy atom. The van der Waals surface area contributed by atoms with Gasteiger partial charge in [-0.1, -0.05) is 62.7 Å². The Balaban J connectivity index is 1.70. The lowest BCUT2D eigenvalue weighted by Gasteiger charge is -2.25. The van der Waals surface area contributed by atoms with Gasteiger partial charge in [0, 0.05) is 12.1 Å². The number of ether oxygens (including phenoxy) is 2. The van der Waals surface area contributed by atoms with E-state index in [9.17, 15) is 14.7 Å². The fraction of sp³-hybridized carbons (Fsp3) is 0.312. The van der Waals surface area contributed by atoms with Crippen molar-refractivity contribution in [3.8, 4) is 11.5 Å². The Morgan fingerprint density at radius 3 is 2.42 bits per heavy atom. The molecule has 0 saturated carbocycles. The van der Waals surface area contributed by atoms with Crippen LogP contribution in [0.1, 0.15) is 61.4 Å². The van der Waals surface area contributed by atoms with Gasteiger partial charge < -0.3 is 19.5 Å². The molecule has 0 aliphatic carbocycles. The summed E-state index contributed by atoms with van der Waals surface area (Å²) in [6.45, 7) is 7.37. The third-order valence-corrected chi connectivity index (χ3v) is 6.62. The van der Waals surface area contributed by atoms with E-state index in [1.165, 1.54) is 0 Å². The van der Waals surface area contributed by atoms with Gasteiger partial charge in [-0.3, -0.25) is 9.59 Å². The highest BCUT2D eigenvalue weighted by molar-refractivity contribution is 6.46. The number of unbranched alkanes of at least 4 members (excludes halogenated alkanes) is 1. The summed E-state index contributed by atoms with van der Waals surface area (Å²) >= 11 is 0. The van der Waals surface area contributed by atoms with E-state index in [-0.39, 0.29) is 11.3 Å². The summed E-state index contributed by atoms with van der Waals surface area (Å²) in [5.74, 6) is -0.104. The van der Waals surface area contributed by atoms with E-state index in [4.69, 9.17) is 9.47 Å². The number of rotatable bonds is 11. The number of ketones is 1. The number of hydrogen-bond donors (Lipinski definition) is 1. The summed E-state index contributed by atoms with van der Waals surface area (Å²) in [7, 11) is 0. The van der Waals surface area contributed by atoms with Crippen LogP contribution in [0.4, 0.5) is 0 Å². The monoisotopic (exact) mass is 513 g/mol. The quantitative estimate of drug-likeness (QED) is 0.178. The maximum Gasteiger partial charge on any atom is 0.295 e. The molecule has 6 nitrogen and oxygen atoms in total. The molecule has 1 heterocycles. The summed E-state index contributed by atoms with van der Waals surface area (Å²) < 4.78 is 11.8. The van der Waals surface area contributed by atoms with Crippen LogP contribution < -0.4 is 9.47 Å². The zero-order valence-electron chi connectivity index (χ0n) is 22.3. The van der Waals surface area contributed by atoms with Crippen molar-refractivity contribution in [1.82, 2.24) is 4.90 Å². The van der Waals surface area contributed by atoms with E-state index < -0.39 is 17.7 Å². The molecule has 1 aliphatic heterocycles. The highest BCUT2D eigenvalue weighted by Gasteiger charge is 2.45. The largest absolute Gasteiger partial charge is 0.507 e. The normalized spacial score (nSPS) is 16.6. The van der Waals surface area contributed by atoms with Crippen molar-refractivity contribution in [1.29, 1.82) is 0 Å². The smallest absolute Gasteiger partial charge is 0.295 e. The van der Waals surface area contributed by atoms with Gasteiger partial charge in [-0.2, -0.15) is 0 Å². The maximum absolute atomic E-state index is 13.3. The molecule has 0 radical (unpaired) electrons. The average Bonchev–Trinajstić information content (AvgIpc) is 3.19. The second kappa shape index (κ2) is 12.5. The number of aryl methyl sites for hydroxylation is 1. The van der Waals surface area contributed by atoms with Crippen molar-refractivity contribution in [3.63, 3.8) is 0 Å². The number of carbonyl (C=O) groups excluding carboxylic acids is 2.